The van der Waals surface area contributed by atoms with Gasteiger partial charge in [-0.2, -0.15) is 0 Å². The fourth-order valence-electron chi connectivity index (χ4n) is 3.53. The fraction of sp³-hybridized carbons (Fsp3) is 0.120. The first-order valence-electron chi connectivity index (χ1n) is 9.90. The van der Waals surface area contributed by atoms with Gasteiger partial charge >= 0.3 is 0 Å². The van der Waals surface area contributed by atoms with E-state index in [0.29, 0.717) is 12.1 Å². The van der Waals surface area contributed by atoms with E-state index in [1.54, 1.807) is 12.1 Å². The molecule has 4 aromatic carbocycles. The van der Waals surface area contributed by atoms with Gasteiger partial charge in [0.2, 0.25) is 0 Å². The first kappa shape index (κ1) is 20.3. The van der Waals surface area contributed by atoms with Gasteiger partial charge in [-0.05, 0) is 60.4 Å². The van der Waals surface area contributed by atoms with Crippen LogP contribution in [0.15, 0.2) is 82.4 Å². The lowest BCUT2D eigenvalue weighted by Gasteiger charge is -2.19. The molecule has 156 valence electrons. The van der Waals surface area contributed by atoms with E-state index in [9.17, 15) is 19.1 Å². The van der Waals surface area contributed by atoms with Crippen molar-refractivity contribution in [2.75, 3.05) is 10.6 Å². The first-order chi connectivity index (χ1) is 14.9. The molecule has 5 nitrogen and oxygen atoms in total. The van der Waals surface area contributed by atoms with Gasteiger partial charge in [-0.3, -0.25) is 9.59 Å². The molecule has 0 saturated carbocycles. The van der Waals surface area contributed by atoms with E-state index in [4.69, 9.17) is 0 Å². The van der Waals surface area contributed by atoms with Gasteiger partial charge in [0.1, 0.15) is 11.5 Å². The summed E-state index contributed by atoms with van der Waals surface area (Å²) in [6.07, 6.45) is 0.618. The van der Waals surface area contributed by atoms with Crippen LogP contribution in [0.1, 0.15) is 29.7 Å². The Labute approximate surface area is 178 Å². The summed E-state index contributed by atoms with van der Waals surface area (Å²) in [5.74, 6) is -0.798. The summed E-state index contributed by atoms with van der Waals surface area (Å²) in [5, 5.41) is 15.8. The average Bonchev–Trinajstić information content (AvgIpc) is 2.78. The molecule has 0 aliphatic heterocycles. The molecule has 4 rings (SSSR count). The molecule has 0 fully saturated rings. The van der Waals surface area contributed by atoms with E-state index in [0.717, 1.165) is 22.4 Å². The van der Waals surface area contributed by atoms with Gasteiger partial charge < -0.3 is 15.7 Å². The minimum absolute atomic E-state index is 0.0758. The Morgan fingerprint density at radius 2 is 1.71 bits per heavy atom. The van der Waals surface area contributed by atoms with E-state index in [1.807, 2.05) is 55.5 Å². The smallest absolute Gasteiger partial charge is 0.271 e. The molecular formula is C25H21FN2O3. The summed E-state index contributed by atoms with van der Waals surface area (Å²) in [4.78, 5) is 22.8. The monoisotopic (exact) mass is 416 g/mol. The molecule has 1 atom stereocenters. The van der Waals surface area contributed by atoms with Crippen molar-refractivity contribution in [1.82, 2.24) is 0 Å². The third-order valence-electron chi connectivity index (χ3n) is 5.21. The van der Waals surface area contributed by atoms with Crippen molar-refractivity contribution in [3.8, 4) is 5.75 Å². The molecule has 0 amide bonds. The number of halogens is 1. The van der Waals surface area contributed by atoms with Gasteiger partial charge in [0.15, 0.2) is 5.75 Å². The van der Waals surface area contributed by atoms with Crippen LogP contribution in [-0.2, 0) is 6.42 Å². The Bertz CT molecular complexity index is 1310. The largest absolute Gasteiger partial charge is 0.502 e. The van der Waals surface area contributed by atoms with Crippen LogP contribution in [0.25, 0.3) is 0 Å². The van der Waals surface area contributed by atoms with Crippen LogP contribution in [0, 0.1) is 5.82 Å². The molecule has 0 saturated heterocycles. The highest BCUT2D eigenvalue weighted by Crippen LogP contribution is 2.27. The molecule has 3 N–H and O–H groups in total. The van der Waals surface area contributed by atoms with E-state index < -0.39 is 16.6 Å². The molecule has 1 unspecified atom stereocenters. The molecule has 6 heteroatoms. The topological polar surface area (TPSA) is 78.4 Å². The zero-order valence-corrected chi connectivity index (χ0v) is 16.9. The molecule has 0 radical (unpaired) electrons. The number of hydrogen-bond donors (Lipinski definition) is 3. The van der Waals surface area contributed by atoms with Crippen molar-refractivity contribution >= 4 is 17.1 Å². The second-order valence-electron chi connectivity index (χ2n) is 7.46. The molecule has 0 aromatic heterocycles. The number of anilines is 3. The maximum Gasteiger partial charge on any atom is 0.271 e. The lowest BCUT2D eigenvalue weighted by molar-refractivity contribution is 0.466. The highest BCUT2D eigenvalue weighted by Gasteiger charge is 2.20. The number of nitrogens with one attached hydrogen (secondary N) is 2. The third kappa shape index (κ3) is 4.33. The van der Waals surface area contributed by atoms with Crippen LogP contribution in [0.2, 0.25) is 0 Å². The van der Waals surface area contributed by atoms with Gasteiger partial charge in [0.25, 0.3) is 10.9 Å². The zero-order chi connectivity index (χ0) is 22.0. The number of hydrogen-bond acceptors (Lipinski definition) is 5. The molecule has 4 aromatic rings. The van der Waals surface area contributed by atoms with E-state index >= 15 is 0 Å². The summed E-state index contributed by atoms with van der Waals surface area (Å²) in [6, 6.07) is 21.8. The summed E-state index contributed by atoms with van der Waals surface area (Å²) in [5.41, 5.74) is 2.78. The number of benzene rings is 3. The average molecular weight is 416 g/mol. The predicted molar refractivity (Wildman–Crippen MR) is 120 cm³/mol. The van der Waals surface area contributed by atoms with Crippen LogP contribution < -0.4 is 21.5 Å². The quantitative estimate of drug-likeness (QED) is 0.383. The number of rotatable bonds is 7. The second kappa shape index (κ2) is 8.44. The van der Waals surface area contributed by atoms with Gasteiger partial charge in [-0.1, -0.05) is 42.5 Å². The minimum Gasteiger partial charge on any atom is -0.502 e. The zero-order valence-electron chi connectivity index (χ0n) is 16.9. The van der Waals surface area contributed by atoms with E-state index in [2.05, 4.69) is 10.6 Å². The maximum absolute atomic E-state index is 13.6. The molecule has 31 heavy (non-hydrogen) atoms. The Kier molecular flexibility index (Phi) is 5.54. The van der Waals surface area contributed by atoms with Crippen LogP contribution >= 0.6 is 0 Å². The van der Waals surface area contributed by atoms with Crippen molar-refractivity contribution in [1.29, 1.82) is 0 Å². The van der Waals surface area contributed by atoms with Crippen molar-refractivity contribution < 1.29 is 9.50 Å². The lowest BCUT2D eigenvalue weighted by Crippen LogP contribution is -2.32. The van der Waals surface area contributed by atoms with Gasteiger partial charge in [-0.15, -0.1) is 0 Å². The van der Waals surface area contributed by atoms with Gasteiger partial charge in [0.05, 0.1) is 0 Å². The standard InChI is InChI=1S/C25H21FN2O3/c1-15(17-8-5-9-19(26)14-17)27-21-11-3-2-7-18(21)12-16-6-4-10-20(13-16)28-22-23(29)25(31)24(22)30/h2-11,13-15,27-29H,12H2,1H3. The lowest BCUT2D eigenvalue weighted by atomic mass is 10.0. The SMILES string of the molecule is CC(Nc1ccccc1Cc1cccc(Nc2c(O)c(=O)c2=O)c1)c1cccc(F)c1. The van der Waals surface area contributed by atoms with Gasteiger partial charge in [-0.25, -0.2) is 4.39 Å². The Morgan fingerprint density at radius 3 is 2.48 bits per heavy atom. The van der Waals surface area contributed by atoms with Crippen LogP contribution in [-0.4, -0.2) is 5.11 Å². The minimum atomic E-state index is -0.869. The molecular weight excluding hydrogens is 395 g/mol. The predicted octanol–water partition coefficient (Wildman–Crippen LogP) is 4.63. The summed E-state index contributed by atoms with van der Waals surface area (Å²) >= 11 is 0. The Morgan fingerprint density at radius 1 is 0.935 bits per heavy atom. The summed E-state index contributed by atoms with van der Waals surface area (Å²) in [7, 11) is 0. The normalized spacial score (nSPS) is 11.9. The van der Waals surface area contributed by atoms with Crippen LogP contribution in [0.4, 0.5) is 21.5 Å². The van der Waals surface area contributed by atoms with Crippen molar-refractivity contribution in [3.63, 3.8) is 0 Å². The van der Waals surface area contributed by atoms with Crippen molar-refractivity contribution in [2.24, 2.45) is 0 Å². The molecule has 0 heterocycles. The Hall–Kier alpha value is -3.93. The highest BCUT2D eigenvalue weighted by molar-refractivity contribution is 5.69. The number of aromatic hydroxyl groups is 1. The van der Waals surface area contributed by atoms with Crippen molar-refractivity contribution in [3.05, 3.63) is 116 Å². The van der Waals surface area contributed by atoms with Crippen molar-refractivity contribution in [2.45, 2.75) is 19.4 Å². The summed E-state index contributed by atoms with van der Waals surface area (Å²) in [6.45, 7) is 1.98. The van der Waals surface area contributed by atoms with Crippen LogP contribution in [0.5, 0.6) is 5.75 Å². The van der Waals surface area contributed by atoms with Crippen LogP contribution in [0.3, 0.4) is 0 Å². The number of para-hydroxylation sites is 1. The first-order valence-corrected chi connectivity index (χ1v) is 9.90. The molecule has 0 aliphatic carbocycles. The maximum atomic E-state index is 13.6. The van der Waals surface area contributed by atoms with Gasteiger partial charge in [0, 0.05) is 17.4 Å². The van der Waals surface area contributed by atoms with E-state index in [-0.39, 0.29) is 17.5 Å². The molecule has 0 aliphatic rings. The molecule has 0 spiro atoms. The fourth-order valence-corrected chi connectivity index (χ4v) is 3.53. The third-order valence-corrected chi connectivity index (χ3v) is 5.21. The van der Waals surface area contributed by atoms with E-state index in [1.165, 1.54) is 12.1 Å². The molecule has 0 bridgehead atoms. The second-order valence-corrected chi connectivity index (χ2v) is 7.46. The highest BCUT2D eigenvalue weighted by atomic mass is 19.1. The Balaban J connectivity index is 1.53. The summed E-state index contributed by atoms with van der Waals surface area (Å²) < 4.78 is 13.6.